The van der Waals surface area contributed by atoms with Gasteiger partial charge in [-0.2, -0.15) is 0 Å². The third-order valence-electron chi connectivity index (χ3n) is 2.49. The van der Waals surface area contributed by atoms with Crippen molar-refractivity contribution in [1.29, 1.82) is 0 Å². The number of halogens is 1. The van der Waals surface area contributed by atoms with E-state index in [1.807, 2.05) is 27.7 Å². The molecule has 0 aromatic carbocycles. The first-order valence-electron chi connectivity index (χ1n) is 4.08. The number of rotatable bonds is 1. The van der Waals surface area contributed by atoms with E-state index in [2.05, 4.69) is 28.7 Å². The molecule has 0 aromatic rings. The van der Waals surface area contributed by atoms with Crippen LogP contribution in [0.25, 0.3) is 0 Å². The molecule has 3 heteroatoms. The molecule has 0 aromatic heterocycles. The highest BCUT2D eigenvalue weighted by Crippen LogP contribution is 2.39. The molecule has 69 valence electrons. The topological polar surface area (TPSA) is 23.1 Å². The first kappa shape index (κ1) is 10.5. The summed E-state index contributed by atoms with van der Waals surface area (Å²) < 4.78 is 0.937. The molecule has 0 unspecified atom stereocenters. The first-order valence-corrected chi connectivity index (χ1v) is 5.60. The van der Waals surface area contributed by atoms with Gasteiger partial charge in [0.1, 0.15) is 0 Å². The lowest BCUT2D eigenvalue weighted by Gasteiger charge is -2.33. The molecular weight excluding hydrogens is 265 g/mol. The van der Waals surface area contributed by atoms with Gasteiger partial charge in [0.05, 0.1) is 11.1 Å². The minimum absolute atomic E-state index is 0.315. The number of hydrogen-bond donors (Lipinski definition) is 0. The van der Waals surface area contributed by atoms with Crippen molar-refractivity contribution in [3.8, 4) is 0 Å². The van der Waals surface area contributed by atoms with Crippen LogP contribution in [0, 0.1) is 0 Å². The van der Waals surface area contributed by atoms with Crippen LogP contribution in [0.1, 0.15) is 27.7 Å². The molecule has 0 N–H and O–H groups in total. The highest BCUT2D eigenvalue weighted by Gasteiger charge is 2.45. The summed E-state index contributed by atoms with van der Waals surface area (Å²) in [7, 11) is 0. The lowest BCUT2D eigenvalue weighted by Crippen LogP contribution is -2.46. The van der Waals surface area contributed by atoms with Crippen LogP contribution in [0.2, 0.25) is 0 Å². The normalized spacial score (nSPS) is 27.3. The summed E-state index contributed by atoms with van der Waals surface area (Å²) in [5.74, 6) is 0. The Morgan fingerprint density at radius 1 is 1.42 bits per heavy atom. The highest BCUT2D eigenvalue weighted by molar-refractivity contribution is 14.1. The SMILES string of the molecule is CC1(C)C=C(CI)C(C)(C)N1[O]. The van der Waals surface area contributed by atoms with Gasteiger partial charge in [0.25, 0.3) is 0 Å². The van der Waals surface area contributed by atoms with E-state index in [1.165, 1.54) is 10.6 Å². The van der Waals surface area contributed by atoms with E-state index in [0.29, 0.717) is 0 Å². The second-order valence-corrected chi connectivity index (χ2v) is 5.07. The number of nitrogens with zero attached hydrogens (tertiary/aromatic N) is 1. The van der Waals surface area contributed by atoms with E-state index in [4.69, 9.17) is 0 Å². The lowest BCUT2D eigenvalue weighted by molar-refractivity contribution is -0.238. The maximum absolute atomic E-state index is 11.8. The van der Waals surface area contributed by atoms with Gasteiger partial charge in [-0.15, -0.1) is 10.3 Å². The molecule has 1 aliphatic rings. The van der Waals surface area contributed by atoms with Gasteiger partial charge in [0.2, 0.25) is 0 Å². The second kappa shape index (κ2) is 2.96. The fourth-order valence-electron chi connectivity index (χ4n) is 1.71. The fraction of sp³-hybridized carbons (Fsp3) is 0.778. The maximum Gasteiger partial charge on any atom is 0.0663 e. The molecule has 0 atom stereocenters. The van der Waals surface area contributed by atoms with Crippen molar-refractivity contribution >= 4 is 22.6 Å². The van der Waals surface area contributed by atoms with E-state index in [0.717, 1.165) is 4.43 Å². The third kappa shape index (κ3) is 1.42. The fourth-order valence-corrected chi connectivity index (χ4v) is 2.87. The molecule has 1 rings (SSSR count). The van der Waals surface area contributed by atoms with E-state index in [-0.39, 0.29) is 11.1 Å². The van der Waals surface area contributed by atoms with Gasteiger partial charge >= 0.3 is 0 Å². The van der Waals surface area contributed by atoms with Crippen molar-refractivity contribution in [2.75, 3.05) is 4.43 Å². The Bertz CT molecular complexity index is 221. The van der Waals surface area contributed by atoms with E-state index >= 15 is 0 Å². The standard InChI is InChI=1S/C9H15INO/c1-8(2)5-7(6-10)9(3,4)11(8)12/h5H,6H2,1-4H3. The molecule has 0 bridgehead atoms. The highest BCUT2D eigenvalue weighted by atomic mass is 127. The zero-order chi connectivity index (χ0) is 9.57. The van der Waals surface area contributed by atoms with E-state index in [1.54, 1.807) is 0 Å². The summed E-state index contributed by atoms with van der Waals surface area (Å²) >= 11 is 2.31. The monoisotopic (exact) mass is 280 g/mol. The summed E-state index contributed by atoms with van der Waals surface area (Å²) in [6.45, 7) is 7.89. The van der Waals surface area contributed by atoms with Gasteiger partial charge in [0, 0.05) is 4.43 Å². The zero-order valence-corrected chi connectivity index (χ0v) is 10.2. The van der Waals surface area contributed by atoms with Gasteiger partial charge in [-0.25, -0.2) is 0 Å². The molecule has 0 aliphatic carbocycles. The van der Waals surface area contributed by atoms with Crippen LogP contribution in [-0.4, -0.2) is 20.6 Å². The summed E-state index contributed by atoms with van der Waals surface area (Å²) in [4.78, 5) is 0. The van der Waals surface area contributed by atoms with Gasteiger partial charge in [-0.1, -0.05) is 28.7 Å². The second-order valence-electron chi connectivity index (χ2n) is 4.31. The molecule has 0 fully saturated rings. The number of hydrogen-bond acceptors (Lipinski definition) is 1. The first-order chi connectivity index (χ1) is 5.32. The van der Waals surface area contributed by atoms with E-state index < -0.39 is 0 Å². The molecule has 1 radical (unpaired) electrons. The smallest absolute Gasteiger partial charge is 0.0663 e. The van der Waals surface area contributed by atoms with Crippen molar-refractivity contribution in [2.24, 2.45) is 0 Å². The van der Waals surface area contributed by atoms with Crippen LogP contribution < -0.4 is 0 Å². The van der Waals surface area contributed by atoms with Gasteiger partial charge in [-0.05, 0) is 33.3 Å². The molecule has 0 amide bonds. The van der Waals surface area contributed by atoms with Crippen LogP contribution in [0.5, 0.6) is 0 Å². The zero-order valence-electron chi connectivity index (χ0n) is 8.02. The van der Waals surface area contributed by atoms with Crippen LogP contribution in [0.4, 0.5) is 0 Å². The Kier molecular flexibility index (Phi) is 2.58. The molecule has 1 aliphatic heterocycles. The predicted molar refractivity (Wildman–Crippen MR) is 57.7 cm³/mol. The Labute approximate surface area is 87.7 Å². The average Bonchev–Trinajstić information content (AvgIpc) is 2.11. The van der Waals surface area contributed by atoms with Crippen molar-refractivity contribution in [3.63, 3.8) is 0 Å². The van der Waals surface area contributed by atoms with Crippen molar-refractivity contribution in [2.45, 2.75) is 38.8 Å². The predicted octanol–water partition coefficient (Wildman–Crippen LogP) is 2.57. The minimum atomic E-state index is -0.329. The van der Waals surface area contributed by atoms with Crippen LogP contribution >= 0.6 is 22.6 Å². The Morgan fingerprint density at radius 2 is 1.92 bits per heavy atom. The average molecular weight is 280 g/mol. The molecule has 12 heavy (non-hydrogen) atoms. The molecule has 0 spiro atoms. The van der Waals surface area contributed by atoms with Crippen LogP contribution in [-0.2, 0) is 5.21 Å². The summed E-state index contributed by atoms with van der Waals surface area (Å²) in [6, 6.07) is 0. The van der Waals surface area contributed by atoms with Gasteiger partial charge < -0.3 is 0 Å². The van der Waals surface area contributed by atoms with Gasteiger partial charge in [-0.3, -0.25) is 0 Å². The lowest BCUT2D eigenvalue weighted by atomic mass is 9.99. The van der Waals surface area contributed by atoms with E-state index in [9.17, 15) is 5.21 Å². The molecule has 0 saturated heterocycles. The van der Waals surface area contributed by atoms with Crippen LogP contribution in [0.15, 0.2) is 11.6 Å². The van der Waals surface area contributed by atoms with Crippen LogP contribution in [0.3, 0.4) is 0 Å². The Morgan fingerprint density at radius 3 is 2.08 bits per heavy atom. The molecule has 1 heterocycles. The van der Waals surface area contributed by atoms with Crippen molar-refractivity contribution in [3.05, 3.63) is 11.6 Å². The van der Waals surface area contributed by atoms with Crippen molar-refractivity contribution in [1.82, 2.24) is 5.06 Å². The van der Waals surface area contributed by atoms with Crippen molar-refractivity contribution < 1.29 is 5.21 Å². The molecule has 2 nitrogen and oxygen atoms in total. The third-order valence-corrected chi connectivity index (χ3v) is 3.31. The van der Waals surface area contributed by atoms with Gasteiger partial charge in [0.15, 0.2) is 0 Å². The Balaban J connectivity index is 3.03. The Hall–Kier alpha value is 0.390. The summed E-state index contributed by atoms with van der Waals surface area (Å²) in [6.07, 6.45) is 2.09. The minimum Gasteiger partial charge on any atom is -0.136 e. The molecular formula is C9H15INO. The summed E-state index contributed by atoms with van der Waals surface area (Å²) in [5.41, 5.74) is 0.595. The number of hydroxylamine groups is 2. The maximum atomic E-state index is 11.8. The number of alkyl halides is 1. The largest absolute Gasteiger partial charge is 0.136 e. The quantitative estimate of drug-likeness (QED) is 0.411. The molecule has 0 saturated carbocycles. The summed E-state index contributed by atoms with van der Waals surface area (Å²) in [5, 5.41) is 13.0.